The van der Waals surface area contributed by atoms with Crippen LogP contribution in [-0.2, 0) is 7.05 Å². The summed E-state index contributed by atoms with van der Waals surface area (Å²) in [5.41, 5.74) is 2.74. The van der Waals surface area contributed by atoms with Gasteiger partial charge in [0.05, 0.1) is 32.1 Å². The number of aromatic nitrogens is 3. The third-order valence-electron chi connectivity index (χ3n) is 4.44. The zero-order valence-corrected chi connectivity index (χ0v) is 16.7. The predicted molar refractivity (Wildman–Crippen MR) is 108 cm³/mol. The minimum absolute atomic E-state index is 0.137. The normalized spacial score (nSPS) is 11.3. The minimum atomic E-state index is -0.351. The Balaban J connectivity index is 1.94. The molecule has 5 nitrogen and oxygen atoms in total. The molecule has 0 saturated heterocycles. The number of aromatic amines is 1. The molecule has 2 aliphatic heterocycles. The number of ether oxygens (including phenoxy) is 1. The molecule has 0 amide bonds. The van der Waals surface area contributed by atoms with E-state index >= 15 is 0 Å². The van der Waals surface area contributed by atoms with Crippen LogP contribution < -0.4 is 10.3 Å². The Hall–Kier alpha value is -2.34. The first-order valence-electron chi connectivity index (χ1n) is 8.06. The number of H-pyrrole nitrogens is 1. The average Bonchev–Trinajstić information content (AvgIpc) is 3.08. The summed E-state index contributed by atoms with van der Waals surface area (Å²) in [6.45, 7) is 1.92. The van der Waals surface area contributed by atoms with Crippen LogP contribution in [0.1, 0.15) is 5.69 Å². The second-order valence-corrected chi connectivity index (χ2v) is 7.28. The Labute approximate surface area is 170 Å². The summed E-state index contributed by atoms with van der Waals surface area (Å²) in [6.07, 6.45) is 0. The second kappa shape index (κ2) is 6.68. The zero-order valence-electron chi connectivity index (χ0n) is 14.4. The van der Waals surface area contributed by atoms with E-state index in [0.29, 0.717) is 16.4 Å². The summed E-state index contributed by atoms with van der Waals surface area (Å²) in [5.74, 6) is 0.392. The number of halogens is 3. The van der Waals surface area contributed by atoms with Crippen LogP contribution in [-0.4, -0.2) is 14.3 Å². The Bertz CT molecular complexity index is 1180. The SMILES string of the molecule is Cc1c2[nH]c(=O)c(Oc3cc(Cl)c(Cl)cc3Cl)c-2n(-c2ccccc2)n1C. The number of hydrogen-bond acceptors (Lipinski definition) is 2. The minimum Gasteiger partial charge on any atom is -0.448 e. The molecule has 2 aromatic carbocycles. The molecule has 0 unspecified atom stereocenters. The largest absolute Gasteiger partial charge is 0.448 e. The van der Waals surface area contributed by atoms with Gasteiger partial charge in [-0.15, -0.1) is 0 Å². The molecule has 1 N–H and O–H groups in total. The summed E-state index contributed by atoms with van der Waals surface area (Å²) in [5, 5.41) is 0.859. The molecule has 0 fully saturated rings. The molecule has 0 bridgehead atoms. The summed E-state index contributed by atoms with van der Waals surface area (Å²) in [7, 11) is 1.91. The van der Waals surface area contributed by atoms with Crippen molar-refractivity contribution < 1.29 is 4.74 Å². The number of rotatable bonds is 3. The van der Waals surface area contributed by atoms with Crippen molar-refractivity contribution in [1.82, 2.24) is 14.3 Å². The lowest BCUT2D eigenvalue weighted by atomic mass is 10.2. The maximum Gasteiger partial charge on any atom is 0.293 e. The van der Waals surface area contributed by atoms with Crippen molar-refractivity contribution in [2.24, 2.45) is 7.05 Å². The van der Waals surface area contributed by atoms with Gasteiger partial charge in [-0.25, -0.2) is 4.68 Å². The fourth-order valence-electron chi connectivity index (χ4n) is 3.03. The van der Waals surface area contributed by atoms with Gasteiger partial charge in [0.25, 0.3) is 5.56 Å². The van der Waals surface area contributed by atoms with Gasteiger partial charge in [-0.1, -0.05) is 53.0 Å². The molecule has 0 saturated carbocycles. The summed E-state index contributed by atoms with van der Waals surface area (Å²) in [4.78, 5) is 15.5. The van der Waals surface area contributed by atoms with Crippen LogP contribution in [0.25, 0.3) is 17.1 Å². The number of para-hydroxylation sites is 1. The van der Waals surface area contributed by atoms with E-state index in [-0.39, 0.29) is 27.1 Å². The Morgan fingerprint density at radius 1 is 1.00 bits per heavy atom. The standard InChI is InChI=1S/C19H14Cl3N3O2/c1-10-16-17(25(24(10)2)11-6-4-3-5-7-11)18(19(26)23-16)27-15-9-13(21)12(20)8-14(15)22/h3-9H,1-2H3,(H,23,26). The van der Waals surface area contributed by atoms with Crippen LogP contribution in [0.3, 0.4) is 0 Å². The molecule has 27 heavy (non-hydrogen) atoms. The first kappa shape index (κ1) is 18.0. The van der Waals surface area contributed by atoms with E-state index in [1.807, 2.05) is 53.7 Å². The van der Waals surface area contributed by atoms with Crippen LogP contribution in [0.15, 0.2) is 47.3 Å². The highest BCUT2D eigenvalue weighted by Crippen LogP contribution is 2.40. The topological polar surface area (TPSA) is 52.0 Å². The fourth-order valence-corrected chi connectivity index (χ4v) is 3.61. The molecule has 138 valence electrons. The zero-order chi connectivity index (χ0) is 19.3. The molecule has 0 aromatic heterocycles. The fraction of sp³-hybridized carbons (Fsp3) is 0.105. The highest BCUT2D eigenvalue weighted by molar-refractivity contribution is 6.43. The Morgan fingerprint density at radius 2 is 1.67 bits per heavy atom. The Kier molecular flexibility index (Phi) is 4.46. The third kappa shape index (κ3) is 2.92. The van der Waals surface area contributed by atoms with Gasteiger partial charge in [0.2, 0.25) is 5.75 Å². The van der Waals surface area contributed by atoms with E-state index in [0.717, 1.165) is 11.4 Å². The molecule has 2 aliphatic rings. The van der Waals surface area contributed by atoms with Crippen LogP contribution >= 0.6 is 34.8 Å². The van der Waals surface area contributed by atoms with Crippen LogP contribution in [0.5, 0.6) is 11.5 Å². The maximum atomic E-state index is 12.6. The molecule has 0 radical (unpaired) electrons. The van der Waals surface area contributed by atoms with Crippen molar-refractivity contribution in [2.75, 3.05) is 0 Å². The average molecular weight is 423 g/mol. The molecule has 0 aliphatic carbocycles. The smallest absolute Gasteiger partial charge is 0.293 e. The van der Waals surface area contributed by atoms with E-state index < -0.39 is 0 Å². The lowest BCUT2D eigenvalue weighted by molar-refractivity contribution is 0.475. The van der Waals surface area contributed by atoms with Crippen molar-refractivity contribution in [1.29, 1.82) is 0 Å². The second-order valence-electron chi connectivity index (χ2n) is 6.06. The van der Waals surface area contributed by atoms with Gasteiger partial charge >= 0.3 is 0 Å². The molecule has 2 heterocycles. The molecule has 4 rings (SSSR count). The first-order chi connectivity index (χ1) is 12.9. The van der Waals surface area contributed by atoms with E-state index in [2.05, 4.69) is 4.98 Å². The van der Waals surface area contributed by atoms with Crippen LogP contribution in [0.4, 0.5) is 0 Å². The van der Waals surface area contributed by atoms with Gasteiger partial charge in [-0.2, -0.15) is 0 Å². The molecular formula is C19H14Cl3N3O2. The van der Waals surface area contributed by atoms with Crippen molar-refractivity contribution >= 4 is 34.8 Å². The highest BCUT2D eigenvalue weighted by atomic mass is 35.5. The lowest BCUT2D eigenvalue weighted by Crippen LogP contribution is -2.10. The summed E-state index contributed by atoms with van der Waals surface area (Å²) in [6, 6.07) is 12.7. The number of hydrogen-bond donors (Lipinski definition) is 1. The van der Waals surface area contributed by atoms with Crippen molar-refractivity contribution in [2.45, 2.75) is 6.92 Å². The molecule has 0 atom stereocenters. The van der Waals surface area contributed by atoms with E-state index in [9.17, 15) is 4.79 Å². The lowest BCUT2D eigenvalue weighted by Gasteiger charge is -2.13. The van der Waals surface area contributed by atoms with Crippen LogP contribution in [0.2, 0.25) is 15.1 Å². The molecule has 2 aromatic rings. The van der Waals surface area contributed by atoms with Crippen molar-refractivity contribution in [3.63, 3.8) is 0 Å². The third-order valence-corrected chi connectivity index (χ3v) is 5.46. The van der Waals surface area contributed by atoms with Gasteiger partial charge in [0.1, 0.15) is 11.4 Å². The van der Waals surface area contributed by atoms with Gasteiger partial charge in [-0.3, -0.25) is 9.48 Å². The quantitative estimate of drug-likeness (QED) is 0.432. The highest BCUT2D eigenvalue weighted by Gasteiger charge is 2.28. The Morgan fingerprint density at radius 3 is 2.37 bits per heavy atom. The van der Waals surface area contributed by atoms with E-state index in [1.165, 1.54) is 12.1 Å². The van der Waals surface area contributed by atoms with Crippen molar-refractivity contribution in [3.8, 4) is 28.6 Å². The summed E-state index contributed by atoms with van der Waals surface area (Å²) < 4.78 is 9.76. The number of benzene rings is 2. The van der Waals surface area contributed by atoms with E-state index in [4.69, 9.17) is 39.5 Å². The van der Waals surface area contributed by atoms with Crippen molar-refractivity contribution in [3.05, 3.63) is 73.6 Å². The number of nitrogens with zero attached hydrogens (tertiary/aromatic N) is 2. The summed E-state index contributed by atoms with van der Waals surface area (Å²) >= 11 is 18.3. The molecule has 8 heteroatoms. The molecule has 0 spiro atoms. The maximum absolute atomic E-state index is 12.6. The monoisotopic (exact) mass is 421 g/mol. The van der Waals surface area contributed by atoms with Gasteiger partial charge in [0, 0.05) is 13.1 Å². The van der Waals surface area contributed by atoms with E-state index in [1.54, 1.807) is 0 Å². The number of nitrogens with one attached hydrogen (secondary N) is 1. The predicted octanol–water partition coefficient (Wildman–Crippen LogP) is 5.67. The van der Waals surface area contributed by atoms with Gasteiger partial charge in [0.15, 0.2) is 0 Å². The molecular weight excluding hydrogens is 409 g/mol. The van der Waals surface area contributed by atoms with Crippen LogP contribution in [0, 0.1) is 6.92 Å². The van der Waals surface area contributed by atoms with Gasteiger partial charge in [-0.05, 0) is 25.1 Å². The van der Waals surface area contributed by atoms with Gasteiger partial charge < -0.3 is 9.72 Å². The first-order valence-corrected chi connectivity index (χ1v) is 9.20. The number of fused-ring (bicyclic) bond motifs is 1.